The number of piperazine rings is 1. The second-order valence-electron chi connectivity index (χ2n) is 4.09. The Morgan fingerprint density at radius 1 is 1.64 bits per heavy atom. The van der Waals surface area contributed by atoms with Crippen molar-refractivity contribution in [1.82, 2.24) is 10.3 Å². The maximum absolute atomic E-state index is 4.46. The normalized spacial score (nSPS) is 21.2. The van der Waals surface area contributed by atoms with E-state index in [2.05, 4.69) is 45.0 Å². The summed E-state index contributed by atoms with van der Waals surface area (Å²) in [7, 11) is 0. The zero-order valence-corrected chi connectivity index (χ0v) is 10.8. The molecule has 0 amide bonds. The number of anilines is 1. The lowest BCUT2D eigenvalue weighted by Crippen LogP contribution is -2.58. The van der Waals surface area contributed by atoms with Gasteiger partial charge >= 0.3 is 0 Å². The number of rotatable bonds is 1. The number of nitrogens with zero attached hydrogens (tertiary/aromatic N) is 2. The fourth-order valence-corrected chi connectivity index (χ4v) is 3.14. The highest BCUT2D eigenvalue weighted by molar-refractivity contribution is 9.10. The Morgan fingerprint density at radius 3 is 3.00 bits per heavy atom. The second-order valence-corrected chi connectivity index (χ2v) is 5.74. The number of thiazole rings is 1. The molecule has 1 saturated heterocycles. The van der Waals surface area contributed by atoms with E-state index in [4.69, 9.17) is 0 Å². The first kappa shape index (κ1) is 10.4. The average molecular weight is 276 g/mol. The summed E-state index contributed by atoms with van der Waals surface area (Å²) in [6.07, 6.45) is 0. The third kappa shape index (κ3) is 1.94. The van der Waals surface area contributed by atoms with E-state index in [1.807, 2.05) is 5.38 Å². The first-order valence-electron chi connectivity index (χ1n) is 4.69. The van der Waals surface area contributed by atoms with Crippen molar-refractivity contribution >= 4 is 32.4 Å². The van der Waals surface area contributed by atoms with E-state index in [-0.39, 0.29) is 5.54 Å². The molecule has 1 aromatic rings. The molecule has 1 aromatic heterocycles. The summed E-state index contributed by atoms with van der Waals surface area (Å²) in [5.74, 6) is 0. The van der Waals surface area contributed by atoms with Crippen LogP contribution >= 0.6 is 27.3 Å². The molecule has 1 N–H and O–H groups in total. The first-order chi connectivity index (χ1) is 6.59. The van der Waals surface area contributed by atoms with Gasteiger partial charge in [0, 0.05) is 30.6 Å². The lowest BCUT2D eigenvalue weighted by molar-refractivity contribution is 0.380. The van der Waals surface area contributed by atoms with Crippen LogP contribution in [0.15, 0.2) is 9.98 Å². The van der Waals surface area contributed by atoms with Gasteiger partial charge in [0.25, 0.3) is 0 Å². The number of aromatic nitrogens is 1. The number of hydrogen-bond acceptors (Lipinski definition) is 4. The number of halogens is 1. The molecule has 0 spiro atoms. The topological polar surface area (TPSA) is 28.2 Å². The fraction of sp³-hybridized carbons (Fsp3) is 0.667. The Balaban J connectivity index is 2.23. The maximum Gasteiger partial charge on any atom is 0.186 e. The molecule has 0 atom stereocenters. The zero-order valence-electron chi connectivity index (χ0n) is 8.38. The van der Waals surface area contributed by atoms with Crippen LogP contribution in [0.25, 0.3) is 0 Å². The van der Waals surface area contributed by atoms with Crippen LogP contribution in [-0.2, 0) is 0 Å². The van der Waals surface area contributed by atoms with Crippen LogP contribution in [0, 0.1) is 0 Å². The predicted octanol–water partition coefficient (Wildman–Crippen LogP) is 2.09. The molecule has 0 unspecified atom stereocenters. The Labute approximate surface area is 96.7 Å². The molecule has 0 radical (unpaired) electrons. The first-order valence-corrected chi connectivity index (χ1v) is 6.36. The van der Waals surface area contributed by atoms with E-state index >= 15 is 0 Å². The smallest absolute Gasteiger partial charge is 0.186 e. The fourth-order valence-electron chi connectivity index (χ4n) is 1.71. The van der Waals surface area contributed by atoms with Crippen molar-refractivity contribution in [2.75, 3.05) is 24.5 Å². The van der Waals surface area contributed by atoms with Gasteiger partial charge in [-0.05, 0) is 29.8 Å². The van der Waals surface area contributed by atoms with E-state index in [9.17, 15) is 0 Å². The highest BCUT2D eigenvalue weighted by Gasteiger charge is 2.31. The Hall–Kier alpha value is -0.130. The summed E-state index contributed by atoms with van der Waals surface area (Å²) < 4.78 is 0.937. The van der Waals surface area contributed by atoms with E-state index in [1.165, 1.54) is 0 Å². The molecule has 2 rings (SSSR count). The highest BCUT2D eigenvalue weighted by atomic mass is 79.9. The molecular formula is C9H14BrN3S. The van der Waals surface area contributed by atoms with Crippen LogP contribution < -0.4 is 10.2 Å². The quantitative estimate of drug-likeness (QED) is 0.851. The third-order valence-corrected chi connectivity index (χ3v) is 4.07. The zero-order chi connectivity index (χ0) is 10.2. The molecule has 0 aliphatic carbocycles. The van der Waals surface area contributed by atoms with Crippen LogP contribution in [0.2, 0.25) is 0 Å². The standard InChI is InChI=1S/C9H14BrN3S/c1-9(2)6-11-3-4-13(9)8-12-7(10)5-14-8/h5,11H,3-4,6H2,1-2H3. The van der Waals surface area contributed by atoms with E-state index in [1.54, 1.807) is 11.3 Å². The molecule has 0 bridgehead atoms. The highest BCUT2D eigenvalue weighted by Crippen LogP contribution is 2.29. The van der Waals surface area contributed by atoms with Crippen molar-refractivity contribution in [2.24, 2.45) is 0 Å². The Kier molecular flexibility index (Phi) is 2.81. The van der Waals surface area contributed by atoms with Crippen LogP contribution in [-0.4, -0.2) is 30.2 Å². The van der Waals surface area contributed by atoms with Crippen LogP contribution in [0.5, 0.6) is 0 Å². The van der Waals surface area contributed by atoms with Crippen molar-refractivity contribution < 1.29 is 0 Å². The lowest BCUT2D eigenvalue weighted by Gasteiger charge is -2.42. The van der Waals surface area contributed by atoms with Gasteiger partial charge in [0.1, 0.15) is 4.60 Å². The summed E-state index contributed by atoms with van der Waals surface area (Å²) in [6, 6.07) is 0. The van der Waals surface area contributed by atoms with Gasteiger partial charge in [0.05, 0.1) is 0 Å². The van der Waals surface area contributed by atoms with Crippen LogP contribution in [0.1, 0.15) is 13.8 Å². The SMILES string of the molecule is CC1(C)CNCCN1c1nc(Br)cs1. The van der Waals surface area contributed by atoms with Gasteiger partial charge in [-0.15, -0.1) is 11.3 Å². The van der Waals surface area contributed by atoms with Gasteiger partial charge in [-0.1, -0.05) is 0 Å². The molecule has 0 saturated carbocycles. The minimum absolute atomic E-state index is 0.162. The third-order valence-electron chi connectivity index (χ3n) is 2.50. The molecule has 78 valence electrons. The molecule has 14 heavy (non-hydrogen) atoms. The van der Waals surface area contributed by atoms with Gasteiger partial charge in [-0.3, -0.25) is 0 Å². The van der Waals surface area contributed by atoms with E-state index < -0.39 is 0 Å². The molecule has 0 aromatic carbocycles. The summed E-state index contributed by atoms with van der Waals surface area (Å²) in [6.45, 7) is 7.58. The number of hydrogen-bond donors (Lipinski definition) is 1. The van der Waals surface area contributed by atoms with Crippen molar-refractivity contribution in [3.05, 3.63) is 9.98 Å². The molecule has 1 aliphatic rings. The van der Waals surface area contributed by atoms with Crippen molar-refractivity contribution in [1.29, 1.82) is 0 Å². The summed E-state index contributed by atoms with van der Waals surface area (Å²) >= 11 is 5.09. The van der Waals surface area contributed by atoms with E-state index in [0.29, 0.717) is 0 Å². The van der Waals surface area contributed by atoms with Gasteiger partial charge in [-0.2, -0.15) is 0 Å². The van der Waals surface area contributed by atoms with Crippen LogP contribution in [0.4, 0.5) is 5.13 Å². The second kappa shape index (κ2) is 3.79. The molecule has 5 heteroatoms. The molecule has 1 aliphatic heterocycles. The average Bonchev–Trinajstić information content (AvgIpc) is 2.51. The van der Waals surface area contributed by atoms with Gasteiger partial charge < -0.3 is 10.2 Å². The summed E-state index contributed by atoms with van der Waals surface area (Å²) in [5, 5.41) is 6.55. The predicted molar refractivity (Wildman–Crippen MR) is 64.1 cm³/mol. The number of nitrogens with one attached hydrogen (secondary N) is 1. The minimum Gasteiger partial charge on any atom is -0.340 e. The lowest BCUT2D eigenvalue weighted by atomic mass is 10.0. The van der Waals surface area contributed by atoms with Crippen molar-refractivity contribution in [3.8, 4) is 0 Å². The monoisotopic (exact) mass is 275 g/mol. The Bertz CT molecular complexity index is 324. The Morgan fingerprint density at radius 2 is 2.43 bits per heavy atom. The minimum atomic E-state index is 0.162. The van der Waals surface area contributed by atoms with Crippen molar-refractivity contribution in [2.45, 2.75) is 19.4 Å². The largest absolute Gasteiger partial charge is 0.340 e. The van der Waals surface area contributed by atoms with Crippen molar-refractivity contribution in [3.63, 3.8) is 0 Å². The maximum atomic E-state index is 4.46. The van der Waals surface area contributed by atoms with Gasteiger partial charge in [0.15, 0.2) is 5.13 Å². The molecular weight excluding hydrogens is 262 g/mol. The van der Waals surface area contributed by atoms with E-state index in [0.717, 1.165) is 29.4 Å². The van der Waals surface area contributed by atoms with Gasteiger partial charge in [-0.25, -0.2) is 4.98 Å². The molecule has 3 nitrogen and oxygen atoms in total. The summed E-state index contributed by atoms with van der Waals surface area (Å²) in [5.41, 5.74) is 0.162. The molecule has 1 fully saturated rings. The molecule has 2 heterocycles. The summed E-state index contributed by atoms with van der Waals surface area (Å²) in [4.78, 5) is 6.84. The van der Waals surface area contributed by atoms with Gasteiger partial charge in [0.2, 0.25) is 0 Å². The van der Waals surface area contributed by atoms with Crippen LogP contribution in [0.3, 0.4) is 0 Å².